The summed E-state index contributed by atoms with van der Waals surface area (Å²) in [6.07, 6.45) is 5.35. The average molecular weight is 124 g/mol. The third-order valence-corrected chi connectivity index (χ3v) is 0.894. The molecule has 0 radical (unpaired) electrons. The van der Waals surface area contributed by atoms with Crippen LogP contribution in [0.2, 0.25) is 0 Å². The van der Waals surface area contributed by atoms with Crippen molar-refractivity contribution in [3.8, 4) is 0 Å². The van der Waals surface area contributed by atoms with E-state index in [9.17, 15) is 0 Å². The first kappa shape index (κ1) is 8.11. The van der Waals surface area contributed by atoms with Crippen LogP contribution >= 0.6 is 0 Å². The number of nitrogens with two attached hydrogens (primary N) is 1. The molecule has 2 heteroatoms. The summed E-state index contributed by atoms with van der Waals surface area (Å²) in [5, 5.41) is 0. The zero-order valence-electron chi connectivity index (χ0n) is 5.67. The van der Waals surface area contributed by atoms with Gasteiger partial charge in [0.2, 0.25) is 0 Å². The van der Waals surface area contributed by atoms with Crippen LogP contribution in [0, 0.1) is 0 Å². The van der Waals surface area contributed by atoms with Crippen LogP contribution in [0.25, 0.3) is 0 Å². The third-order valence-electron chi connectivity index (χ3n) is 0.894. The van der Waals surface area contributed by atoms with Gasteiger partial charge in [-0.05, 0) is 19.7 Å². The van der Waals surface area contributed by atoms with Crippen LogP contribution in [0.5, 0.6) is 0 Å². The molecule has 0 aliphatic carbocycles. The Balaban J connectivity index is 3.67. The SMILES string of the molecule is C=N/C=C\C=C(/C)CN. The molecule has 50 valence electrons. The molecule has 0 amide bonds. The lowest BCUT2D eigenvalue weighted by molar-refractivity contribution is 1.14. The van der Waals surface area contributed by atoms with Crippen LogP contribution in [0.4, 0.5) is 0 Å². The minimum Gasteiger partial charge on any atom is -0.327 e. The minimum absolute atomic E-state index is 0.599. The van der Waals surface area contributed by atoms with E-state index in [4.69, 9.17) is 5.73 Å². The van der Waals surface area contributed by atoms with Crippen molar-refractivity contribution in [3.05, 3.63) is 23.9 Å². The van der Waals surface area contributed by atoms with Gasteiger partial charge < -0.3 is 5.73 Å². The quantitative estimate of drug-likeness (QED) is 0.444. The Morgan fingerprint density at radius 3 is 2.89 bits per heavy atom. The van der Waals surface area contributed by atoms with Crippen LogP contribution < -0.4 is 5.73 Å². The van der Waals surface area contributed by atoms with Crippen molar-refractivity contribution in [2.75, 3.05) is 6.54 Å². The van der Waals surface area contributed by atoms with E-state index < -0.39 is 0 Å². The first-order chi connectivity index (χ1) is 4.31. The van der Waals surface area contributed by atoms with Crippen molar-refractivity contribution in [3.63, 3.8) is 0 Å². The fourth-order valence-electron chi connectivity index (χ4n) is 0.336. The summed E-state index contributed by atoms with van der Waals surface area (Å²) in [5.41, 5.74) is 6.44. The standard InChI is InChI=1S/C7H12N2/c1-7(6-8)4-3-5-9-2/h3-5H,2,6,8H2,1H3/b5-3-,7-4+. The Morgan fingerprint density at radius 1 is 1.78 bits per heavy atom. The van der Waals surface area contributed by atoms with E-state index >= 15 is 0 Å². The maximum absolute atomic E-state index is 5.31. The van der Waals surface area contributed by atoms with Gasteiger partial charge in [0, 0.05) is 12.7 Å². The van der Waals surface area contributed by atoms with E-state index in [0.29, 0.717) is 6.54 Å². The second-order valence-corrected chi connectivity index (χ2v) is 1.74. The van der Waals surface area contributed by atoms with Crippen LogP contribution in [0.15, 0.2) is 28.9 Å². The van der Waals surface area contributed by atoms with E-state index in [1.165, 1.54) is 0 Å². The number of allylic oxidation sites excluding steroid dienone is 2. The molecule has 0 bridgehead atoms. The highest BCUT2D eigenvalue weighted by molar-refractivity contribution is 5.26. The van der Waals surface area contributed by atoms with E-state index in [-0.39, 0.29) is 0 Å². The molecule has 0 aromatic heterocycles. The van der Waals surface area contributed by atoms with Crippen LogP contribution in [0.1, 0.15) is 6.92 Å². The summed E-state index contributed by atoms with van der Waals surface area (Å²) in [7, 11) is 0. The second kappa shape index (κ2) is 5.25. The smallest absolute Gasteiger partial charge is 0.0260 e. The van der Waals surface area contributed by atoms with Gasteiger partial charge in [-0.15, -0.1) is 0 Å². The van der Waals surface area contributed by atoms with E-state index in [1.54, 1.807) is 6.20 Å². The summed E-state index contributed by atoms with van der Waals surface area (Å²) in [5.74, 6) is 0. The van der Waals surface area contributed by atoms with Gasteiger partial charge in [-0.25, -0.2) is 0 Å². The normalized spacial score (nSPS) is 12.4. The number of hydrogen-bond acceptors (Lipinski definition) is 2. The third kappa shape index (κ3) is 4.97. The molecule has 0 spiro atoms. The van der Waals surface area contributed by atoms with Gasteiger partial charge in [0.1, 0.15) is 0 Å². The van der Waals surface area contributed by atoms with Crippen molar-refractivity contribution in [2.24, 2.45) is 10.7 Å². The summed E-state index contributed by atoms with van der Waals surface area (Å²) in [6, 6.07) is 0. The lowest BCUT2D eigenvalue weighted by atomic mass is 10.3. The van der Waals surface area contributed by atoms with E-state index in [2.05, 4.69) is 11.7 Å². The van der Waals surface area contributed by atoms with Gasteiger partial charge in [-0.3, -0.25) is 4.99 Å². The van der Waals surface area contributed by atoms with Crippen molar-refractivity contribution < 1.29 is 0 Å². The molecule has 0 saturated heterocycles. The first-order valence-electron chi connectivity index (χ1n) is 2.79. The van der Waals surface area contributed by atoms with Crippen LogP contribution in [-0.4, -0.2) is 13.3 Å². The van der Waals surface area contributed by atoms with E-state index in [0.717, 1.165) is 5.57 Å². The molecule has 0 rings (SSSR count). The van der Waals surface area contributed by atoms with Gasteiger partial charge in [0.25, 0.3) is 0 Å². The highest BCUT2D eigenvalue weighted by Crippen LogP contribution is 1.87. The van der Waals surface area contributed by atoms with Crippen molar-refractivity contribution in [2.45, 2.75) is 6.92 Å². The predicted octanol–water partition coefficient (Wildman–Crippen LogP) is 1.11. The van der Waals surface area contributed by atoms with Gasteiger partial charge in [0.05, 0.1) is 0 Å². The highest BCUT2D eigenvalue weighted by Gasteiger charge is 1.76. The Kier molecular flexibility index (Phi) is 4.73. The largest absolute Gasteiger partial charge is 0.327 e. The lowest BCUT2D eigenvalue weighted by Gasteiger charge is -1.87. The molecule has 2 N–H and O–H groups in total. The number of hydrogen-bond donors (Lipinski definition) is 1. The summed E-state index contributed by atoms with van der Waals surface area (Å²) < 4.78 is 0. The van der Waals surface area contributed by atoms with Gasteiger partial charge >= 0.3 is 0 Å². The molecule has 0 fully saturated rings. The molecular formula is C7H12N2. The second-order valence-electron chi connectivity index (χ2n) is 1.74. The fraction of sp³-hybridized carbons (Fsp3) is 0.286. The zero-order chi connectivity index (χ0) is 7.11. The highest BCUT2D eigenvalue weighted by atomic mass is 14.6. The number of rotatable bonds is 3. The summed E-state index contributed by atoms with van der Waals surface area (Å²) in [4.78, 5) is 3.53. The topological polar surface area (TPSA) is 38.4 Å². The van der Waals surface area contributed by atoms with Crippen molar-refractivity contribution in [1.82, 2.24) is 0 Å². The van der Waals surface area contributed by atoms with Crippen LogP contribution in [0.3, 0.4) is 0 Å². The first-order valence-corrected chi connectivity index (χ1v) is 2.79. The average Bonchev–Trinajstić information content (AvgIpc) is 1.89. The monoisotopic (exact) mass is 124 g/mol. The molecule has 0 aliphatic heterocycles. The summed E-state index contributed by atoms with van der Waals surface area (Å²) in [6.45, 7) is 5.85. The zero-order valence-corrected chi connectivity index (χ0v) is 5.67. The van der Waals surface area contributed by atoms with Crippen molar-refractivity contribution >= 4 is 6.72 Å². The molecule has 0 atom stereocenters. The molecular weight excluding hydrogens is 112 g/mol. The van der Waals surface area contributed by atoms with E-state index in [1.807, 2.05) is 19.1 Å². The molecule has 0 aromatic carbocycles. The molecule has 0 saturated carbocycles. The maximum Gasteiger partial charge on any atom is 0.0260 e. The van der Waals surface area contributed by atoms with Gasteiger partial charge in [-0.2, -0.15) is 0 Å². The number of nitrogens with zero attached hydrogens (tertiary/aromatic N) is 1. The Labute approximate surface area is 55.8 Å². The lowest BCUT2D eigenvalue weighted by Crippen LogP contribution is -1.98. The fourth-order valence-corrected chi connectivity index (χ4v) is 0.336. The molecule has 0 aromatic rings. The molecule has 0 unspecified atom stereocenters. The van der Waals surface area contributed by atoms with Gasteiger partial charge in [0.15, 0.2) is 0 Å². The Bertz CT molecular complexity index is 134. The molecule has 0 aliphatic rings. The number of aliphatic imine (C=N–C) groups is 1. The predicted molar refractivity (Wildman–Crippen MR) is 41.5 cm³/mol. The van der Waals surface area contributed by atoms with Crippen molar-refractivity contribution in [1.29, 1.82) is 0 Å². The molecule has 9 heavy (non-hydrogen) atoms. The Morgan fingerprint density at radius 2 is 2.44 bits per heavy atom. The van der Waals surface area contributed by atoms with Crippen LogP contribution in [-0.2, 0) is 0 Å². The molecule has 0 heterocycles. The maximum atomic E-state index is 5.31. The van der Waals surface area contributed by atoms with Gasteiger partial charge in [-0.1, -0.05) is 11.6 Å². The molecule has 2 nitrogen and oxygen atoms in total. The summed E-state index contributed by atoms with van der Waals surface area (Å²) >= 11 is 0. The minimum atomic E-state index is 0.599. The Hall–Kier alpha value is -0.890.